The number of rotatable bonds is 6. The highest BCUT2D eigenvalue weighted by molar-refractivity contribution is 4.65. The maximum atomic E-state index is 2.39. The zero-order valence-electron chi connectivity index (χ0n) is 10.4. The molecule has 0 spiro atoms. The standard InChI is InChI=1S/C13H28/c1-7-13(11(4)5)9-8-12(6)10(2)3/h10-13H,7-9H2,1-6H3/t12-,13+/m1/s1. The lowest BCUT2D eigenvalue weighted by atomic mass is 9.84. The van der Waals surface area contributed by atoms with E-state index in [1.807, 2.05) is 0 Å². The van der Waals surface area contributed by atoms with E-state index in [0.29, 0.717) is 0 Å². The van der Waals surface area contributed by atoms with Gasteiger partial charge in [0.05, 0.1) is 0 Å². The van der Waals surface area contributed by atoms with E-state index in [2.05, 4.69) is 41.5 Å². The van der Waals surface area contributed by atoms with Crippen molar-refractivity contribution >= 4 is 0 Å². The molecule has 0 unspecified atom stereocenters. The minimum Gasteiger partial charge on any atom is -0.0651 e. The minimum absolute atomic E-state index is 0.852. The second kappa shape index (κ2) is 6.45. The first kappa shape index (κ1) is 13.0. The van der Waals surface area contributed by atoms with Gasteiger partial charge in [-0.15, -0.1) is 0 Å². The van der Waals surface area contributed by atoms with Crippen molar-refractivity contribution in [2.45, 2.75) is 60.8 Å². The van der Waals surface area contributed by atoms with Crippen molar-refractivity contribution in [3.8, 4) is 0 Å². The van der Waals surface area contributed by atoms with Crippen molar-refractivity contribution in [1.82, 2.24) is 0 Å². The monoisotopic (exact) mass is 184 g/mol. The third-order valence-electron chi connectivity index (χ3n) is 3.60. The normalized spacial score (nSPS) is 16.6. The molecule has 2 atom stereocenters. The van der Waals surface area contributed by atoms with Crippen LogP contribution in [0.3, 0.4) is 0 Å². The van der Waals surface area contributed by atoms with Crippen LogP contribution < -0.4 is 0 Å². The van der Waals surface area contributed by atoms with E-state index in [-0.39, 0.29) is 0 Å². The maximum absolute atomic E-state index is 2.39. The second-order valence-corrected chi connectivity index (χ2v) is 5.21. The molecular formula is C13H28. The molecule has 0 aromatic heterocycles. The minimum atomic E-state index is 0.852. The van der Waals surface area contributed by atoms with Gasteiger partial charge in [0.25, 0.3) is 0 Å². The van der Waals surface area contributed by atoms with Crippen molar-refractivity contribution in [3.05, 3.63) is 0 Å². The van der Waals surface area contributed by atoms with E-state index in [1.54, 1.807) is 0 Å². The number of hydrogen-bond acceptors (Lipinski definition) is 0. The van der Waals surface area contributed by atoms with Gasteiger partial charge in [-0.05, 0) is 30.1 Å². The van der Waals surface area contributed by atoms with Crippen LogP contribution in [0.25, 0.3) is 0 Å². The summed E-state index contributed by atoms with van der Waals surface area (Å²) in [4.78, 5) is 0. The lowest BCUT2D eigenvalue weighted by Gasteiger charge is -2.22. The van der Waals surface area contributed by atoms with E-state index in [1.165, 1.54) is 19.3 Å². The van der Waals surface area contributed by atoms with Crippen molar-refractivity contribution in [1.29, 1.82) is 0 Å². The Balaban J connectivity index is 3.72. The first-order valence-electron chi connectivity index (χ1n) is 5.99. The molecule has 0 saturated carbocycles. The molecule has 0 rings (SSSR count). The van der Waals surface area contributed by atoms with Crippen LogP contribution in [-0.4, -0.2) is 0 Å². The average Bonchev–Trinajstić information content (AvgIpc) is 2.04. The molecule has 80 valence electrons. The Morgan fingerprint density at radius 3 is 1.62 bits per heavy atom. The zero-order valence-corrected chi connectivity index (χ0v) is 10.4. The van der Waals surface area contributed by atoms with Crippen LogP contribution in [0.15, 0.2) is 0 Å². The van der Waals surface area contributed by atoms with Gasteiger partial charge in [0, 0.05) is 0 Å². The molecule has 0 amide bonds. The van der Waals surface area contributed by atoms with Gasteiger partial charge >= 0.3 is 0 Å². The lowest BCUT2D eigenvalue weighted by molar-refractivity contribution is 0.290. The van der Waals surface area contributed by atoms with Crippen LogP contribution in [0, 0.1) is 23.7 Å². The first-order valence-corrected chi connectivity index (χ1v) is 5.99. The van der Waals surface area contributed by atoms with E-state index in [9.17, 15) is 0 Å². The first-order chi connectivity index (χ1) is 5.99. The molecule has 0 radical (unpaired) electrons. The molecule has 0 bridgehead atoms. The topological polar surface area (TPSA) is 0 Å². The van der Waals surface area contributed by atoms with Crippen molar-refractivity contribution < 1.29 is 0 Å². The summed E-state index contributed by atoms with van der Waals surface area (Å²) in [7, 11) is 0. The molecule has 0 heteroatoms. The molecule has 0 fully saturated rings. The van der Waals surface area contributed by atoms with Gasteiger partial charge in [0.2, 0.25) is 0 Å². The highest BCUT2D eigenvalue weighted by Gasteiger charge is 2.14. The summed E-state index contributed by atoms with van der Waals surface area (Å²) in [5.74, 6) is 3.56. The van der Waals surface area contributed by atoms with E-state index in [0.717, 1.165) is 23.7 Å². The van der Waals surface area contributed by atoms with Gasteiger partial charge in [0.15, 0.2) is 0 Å². The van der Waals surface area contributed by atoms with E-state index >= 15 is 0 Å². The molecule has 0 aromatic rings. The predicted octanol–water partition coefficient (Wildman–Crippen LogP) is 4.74. The molecule has 13 heavy (non-hydrogen) atoms. The Kier molecular flexibility index (Phi) is 6.45. The van der Waals surface area contributed by atoms with Gasteiger partial charge in [-0.3, -0.25) is 0 Å². The molecule has 0 aliphatic rings. The Bertz CT molecular complexity index is 113. The lowest BCUT2D eigenvalue weighted by Crippen LogP contribution is -2.11. The zero-order chi connectivity index (χ0) is 10.4. The fourth-order valence-corrected chi connectivity index (χ4v) is 1.82. The van der Waals surface area contributed by atoms with Gasteiger partial charge < -0.3 is 0 Å². The Morgan fingerprint density at radius 1 is 0.769 bits per heavy atom. The maximum Gasteiger partial charge on any atom is -0.0394 e. The molecule has 0 heterocycles. The fraction of sp³-hybridized carbons (Fsp3) is 1.00. The Labute approximate surface area is 85.1 Å². The summed E-state index contributed by atoms with van der Waals surface area (Å²) in [6.07, 6.45) is 4.18. The third kappa shape index (κ3) is 5.33. The SMILES string of the molecule is CC[C@@H](CC[C@@H](C)C(C)C)C(C)C. The summed E-state index contributed by atoms with van der Waals surface area (Å²) in [5, 5.41) is 0. The second-order valence-electron chi connectivity index (χ2n) is 5.21. The van der Waals surface area contributed by atoms with Gasteiger partial charge in [-0.1, -0.05) is 54.4 Å². The third-order valence-corrected chi connectivity index (χ3v) is 3.60. The van der Waals surface area contributed by atoms with Crippen LogP contribution in [0.5, 0.6) is 0 Å². The molecule has 0 aromatic carbocycles. The summed E-state index contributed by atoms with van der Waals surface area (Å²) >= 11 is 0. The highest BCUT2D eigenvalue weighted by Crippen LogP contribution is 2.25. The quantitative estimate of drug-likeness (QED) is 0.559. The summed E-state index contributed by atoms with van der Waals surface area (Å²) in [6, 6.07) is 0. The molecular weight excluding hydrogens is 156 g/mol. The molecule has 0 nitrogen and oxygen atoms in total. The summed E-state index contributed by atoms with van der Waals surface area (Å²) in [5.41, 5.74) is 0. The van der Waals surface area contributed by atoms with Crippen molar-refractivity contribution in [2.75, 3.05) is 0 Å². The largest absolute Gasteiger partial charge is 0.0651 e. The van der Waals surface area contributed by atoms with Crippen LogP contribution in [-0.2, 0) is 0 Å². The average molecular weight is 184 g/mol. The Hall–Kier alpha value is 0. The summed E-state index contributed by atoms with van der Waals surface area (Å²) in [6.45, 7) is 14.1. The van der Waals surface area contributed by atoms with Crippen LogP contribution in [0.1, 0.15) is 60.8 Å². The Morgan fingerprint density at radius 2 is 1.31 bits per heavy atom. The number of hydrogen-bond donors (Lipinski definition) is 0. The predicted molar refractivity (Wildman–Crippen MR) is 61.9 cm³/mol. The van der Waals surface area contributed by atoms with E-state index < -0.39 is 0 Å². The van der Waals surface area contributed by atoms with E-state index in [4.69, 9.17) is 0 Å². The summed E-state index contributed by atoms with van der Waals surface area (Å²) < 4.78 is 0. The van der Waals surface area contributed by atoms with Gasteiger partial charge in [0.1, 0.15) is 0 Å². The fourth-order valence-electron chi connectivity index (χ4n) is 1.82. The molecule has 0 N–H and O–H groups in total. The molecule has 0 saturated heterocycles. The smallest absolute Gasteiger partial charge is 0.0394 e. The van der Waals surface area contributed by atoms with Crippen LogP contribution in [0.4, 0.5) is 0 Å². The molecule has 0 aliphatic carbocycles. The van der Waals surface area contributed by atoms with Crippen LogP contribution in [0.2, 0.25) is 0 Å². The van der Waals surface area contributed by atoms with Crippen molar-refractivity contribution in [2.24, 2.45) is 23.7 Å². The van der Waals surface area contributed by atoms with Crippen LogP contribution >= 0.6 is 0 Å². The van der Waals surface area contributed by atoms with Crippen molar-refractivity contribution in [3.63, 3.8) is 0 Å². The highest BCUT2D eigenvalue weighted by atomic mass is 14.2. The van der Waals surface area contributed by atoms with Gasteiger partial charge in [-0.25, -0.2) is 0 Å². The van der Waals surface area contributed by atoms with Gasteiger partial charge in [-0.2, -0.15) is 0 Å². The molecule has 0 aliphatic heterocycles.